The van der Waals surface area contributed by atoms with E-state index in [1.807, 2.05) is 57.2 Å². The highest BCUT2D eigenvalue weighted by Crippen LogP contribution is 2.28. The minimum Gasteiger partial charge on any atom is -0.354 e. The lowest BCUT2D eigenvalue weighted by atomic mass is 9.79. The average Bonchev–Trinajstić information content (AvgIpc) is 2.63. The van der Waals surface area contributed by atoms with Crippen LogP contribution in [0.1, 0.15) is 56.7 Å². The van der Waals surface area contributed by atoms with Crippen LogP contribution in [0.15, 0.2) is 48.5 Å². The minimum atomic E-state index is -3.43. The molecular weight excluding hydrogens is 408 g/mol. The van der Waals surface area contributed by atoms with Crippen molar-refractivity contribution < 1.29 is 13.2 Å². The van der Waals surface area contributed by atoms with Gasteiger partial charge >= 0.3 is 0 Å². The van der Waals surface area contributed by atoms with E-state index in [9.17, 15) is 13.2 Å². The van der Waals surface area contributed by atoms with Crippen LogP contribution >= 0.6 is 0 Å². The molecule has 0 aromatic heterocycles. The third-order valence-corrected chi connectivity index (χ3v) is 6.63. The predicted octanol–water partition coefficient (Wildman–Crippen LogP) is 4.72. The van der Waals surface area contributed by atoms with Gasteiger partial charge in [-0.05, 0) is 67.9 Å². The van der Waals surface area contributed by atoms with Gasteiger partial charge in [0.25, 0.3) is 0 Å². The van der Waals surface area contributed by atoms with Crippen molar-refractivity contribution >= 4 is 21.6 Å². The van der Waals surface area contributed by atoms with Crippen molar-refractivity contribution in [3.63, 3.8) is 0 Å². The number of nitrogens with zero attached hydrogens (tertiary/aromatic N) is 1. The first-order valence-corrected chi connectivity index (χ1v) is 12.6. The fraction of sp³-hybridized carbons (Fsp3) is 0.480. The molecule has 0 spiro atoms. The number of nitrogens with one attached hydrogen (secondary N) is 1. The molecule has 5 nitrogen and oxygen atoms in total. The largest absolute Gasteiger partial charge is 0.354 e. The van der Waals surface area contributed by atoms with Crippen LogP contribution in [0.3, 0.4) is 0 Å². The minimum absolute atomic E-state index is 0.0214. The molecule has 31 heavy (non-hydrogen) atoms. The second-order valence-corrected chi connectivity index (χ2v) is 11.1. The summed E-state index contributed by atoms with van der Waals surface area (Å²) in [5.41, 5.74) is 3.86. The Morgan fingerprint density at radius 1 is 1.06 bits per heavy atom. The molecule has 0 saturated carbocycles. The molecule has 0 radical (unpaired) electrons. The Morgan fingerprint density at radius 2 is 1.65 bits per heavy atom. The molecule has 6 heteroatoms. The first-order valence-electron chi connectivity index (χ1n) is 10.8. The Hall–Kier alpha value is -2.34. The SMILES string of the molecule is Cc1cc(C)cc(N(CCCC(=O)N[C@H](C)CC(C)(C)c2ccccc2)S(C)(=O)=O)c1. The first-order chi connectivity index (χ1) is 14.4. The molecule has 1 atom stereocenters. The Bertz CT molecular complexity index is 965. The third kappa shape index (κ3) is 7.69. The number of carbonyl (C=O) groups is 1. The van der Waals surface area contributed by atoms with Crippen LogP contribution in [0.5, 0.6) is 0 Å². The van der Waals surface area contributed by atoms with E-state index in [2.05, 4.69) is 31.3 Å². The van der Waals surface area contributed by atoms with Crippen LogP contribution in [-0.2, 0) is 20.2 Å². The number of hydrogen-bond acceptors (Lipinski definition) is 3. The maximum atomic E-state index is 12.5. The van der Waals surface area contributed by atoms with Gasteiger partial charge in [0, 0.05) is 19.0 Å². The van der Waals surface area contributed by atoms with Gasteiger partial charge in [0.15, 0.2) is 0 Å². The van der Waals surface area contributed by atoms with Crippen molar-refractivity contribution in [2.75, 3.05) is 17.1 Å². The molecule has 170 valence electrons. The molecule has 2 aromatic carbocycles. The lowest BCUT2D eigenvalue weighted by Crippen LogP contribution is -2.38. The Labute approximate surface area is 187 Å². The fourth-order valence-electron chi connectivity index (χ4n) is 4.13. The maximum absolute atomic E-state index is 12.5. The molecule has 0 unspecified atom stereocenters. The van der Waals surface area contributed by atoms with Crippen molar-refractivity contribution in [3.05, 3.63) is 65.2 Å². The zero-order chi connectivity index (χ0) is 23.2. The maximum Gasteiger partial charge on any atom is 0.232 e. The summed E-state index contributed by atoms with van der Waals surface area (Å²) >= 11 is 0. The highest BCUT2D eigenvalue weighted by molar-refractivity contribution is 7.92. The van der Waals surface area contributed by atoms with E-state index in [-0.39, 0.29) is 30.3 Å². The van der Waals surface area contributed by atoms with Crippen LogP contribution < -0.4 is 9.62 Å². The second-order valence-electron chi connectivity index (χ2n) is 9.21. The summed E-state index contributed by atoms with van der Waals surface area (Å²) in [5.74, 6) is -0.0507. The molecule has 1 N–H and O–H groups in total. The monoisotopic (exact) mass is 444 g/mol. The molecule has 0 aliphatic rings. The normalized spacial score (nSPS) is 13.0. The number of sulfonamides is 1. The summed E-state index contributed by atoms with van der Waals surface area (Å²) in [6.07, 6.45) is 2.77. The number of aryl methyl sites for hydroxylation is 2. The first kappa shape index (κ1) is 24.9. The van der Waals surface area contributed by atoms with Gasteiger partial charge < -0.3 is 5.32 Å². The van der Waals surface area contributed by atoms with Crippen LogP contribution in [-0.4, -0.2) is 33.2 Å². The lowest BCUT2D eigenvalue weighted by molar-refractivity contribution is -0.121. The molecule has 2 rings (SSSR count). The number of amides is 1. The van der Waals surface area contributed by atoms with Gasteiger partial charge in [0.05, 0.1) is 11.9 Å². The smallest absolute Gasteiger partial charge is 0.232 e. The number of benzene rings is 2. The molecule has 1 amide bonds. The molecule has 0 fully saturated rings. The summed E-state index contributed by atoms with van der Waals surface area (Å²) in [6, 6.07) is 16.0. The van der Waals surface area contributed by atoms with Crippen molar-refractivity contribution in [2.24, 2.45) is 0 Å². The van der Waals surface area contributed by atoms with Gasteiger partial charge in [0.2, 0.25) is 15.9 Å². The third-order valence-electron chi connectivity index (χ3n) is 5.44. The van der Waals surface area contributed by atoms with E-state index in [0.717, 1.165) is 17.5 Å². The predicted molar refractivity (Wildman–Crippen MR) is 129 cm³/mol. The van der Waals surface area contributed by atoms with Crippen LogP contribution in [0.2, 0.25) is 0 Å². The van der Waals surface area contributed by atoms with E-state index >= 15 is 0 Å². The Kier molecular flexibility index (Phi) is 8.29. The van der Waals surface area contributed by atoms with Gasteiger partial charge in [-0.15, -0.1) is 0 Å². The Balaban J connectivity index is 1.92. The van der Waals surface area contributed by atoms with Gasteiger partial charge in [0.1, 0.15) is 0 Å². The van der Waals surface area contributed by atoms with E-state index < -0.39 is 10.0 Å². The zero-order valence-corrected chi connectivity index (χ0v) is 20.4. The van der Waals surface area contributed by atoms with E-state index in [0.29, 0.717) is 12.1 Å². The molecule has 0 bridgehead atoms. The van der Waals surface area contributed by atoms with Gasteiger partial charge in [-0.2, -0.15) is 0 Å². The average molecular weight is 445 g/mol. The van der Waals surface area contributed by atoms with Crippen molar-refractivity contribution in [2.45, 2.75) is 65.3 Å². The van der Waals surface area contributed by atoms with Crippen LogP contribution in [0.25, 0.3) is 0 Å². The standard InChI is InChI=1S/C25H36N2O3S/c1-19-15-20(2)17-23(16-19)27(31(6,29)30)14-10-13-24(28)26-21(3)18-25(4,5)22-11-8-7-9-12-22/h7-9,11-12,15-17,21H,10,13-14,18H2,1-6H3,(H,26,28)/t21-/m1/s1. The summed E-state index contributed by atoms with van der Waals surface area (Å²) < 4.78 is 26.0. The summed E-state index contributed by atoms with van der Waals surface area (Å²) in [6.45, 7) is 10.5. The molecule has 0 aliphatic heterocycles. The quantitative estimate of drug-likeness (QED) is 0.576. The number of carbonyl (C=O) groups excluding carboxylic acids is 1. The number of rotatable bonds is 10. The number of hydrogen-bond donors (Lipinski definition) is 1. The zero-order valence-electron chi connectivity index (χ0n) is 19.6. The van der Waals surface area contributed by atoms with E-state index in [1.54, 1.807) is 0 Å². The topological polar surface area (TPSA) is 66.5 Å². The van der Waals surface area contributed by atoms with Crippen LogP contribution in [0.4, 0.5) is 5.69 Å². The van der Waals surface area contributed by atoms with E-state index in [1.165, 1.54) is 16.1 Å². The highest BCUT2D eigenvalue weighted by atomic mass is 32.2. The van der Waals surface area contributed by atoms with Crippen molar-refractivity contribution in [3.8, 4) is 0 Å². The van der Waals surface area contributed by atoms with Crippen molar-refractivity contribution in [1.82, 2.24) is 5.32 Å². The van der Waals surface area contributed by atoms with Gasteiger partial charge in [-0.25, -0.2) is 8.42 Å². The summed E-state index contributed by atoms with van der Waals surface area (Å²) in [7, 11) is -3.43. The number of anilines is 1. The summed E-state index contributed by atoms with van der Waals surface area (Å²) in [5, 5.41) is 3.07. The van der Waals surface area contributed by atoms with Crippen molar-refractivity contribution in [1.29, 1.82) is 0 Å². The second kappa shape index (κ2) is 10.3. The van der Waals surface area contributed by atoms with Crippen LogP contribution in [0, 0.1) is 13.8 Å². The Morgan fingerprint density at radius 3 is 2.19 bits per heavy atom. The molecular formula is C25H36N2O3S. The van der Waals surface area contributed by atoms with E-state index in [4.69, 9.17) is 0 Å². The highest BCUT2D eigenvalue weighted by Gasteiger charge is 2.24. The lowest BCUT2D eigenvalue weighted by Gasteiger charge is -2.29. The molecule has 0 saturated heterocycles. The molecule has 0 heterocycles. The van der Waals surface area contributed by atoms with Gasteiger partial charge in [-0.1, -0.05) is 50.2 Å². The van der Waals surface area contributed by atoms with Gasteiger partial charge in [-0.3, -0.25) is 9.10 Å². The molecule has 0 aliphatic carbocycles. The fourth-order valence-corrected chi connectivity index (χ4v) is 5.08. The molecule has 2 aromatic rings. The summed E-state index contributed by atoms with van der Waals surface area (Å²) in [4.78, 5) is 12.5.